The van der Waals surface area contributed by atoms with Crippen LogP contribution in [0.4, 0.5) is 0 Å². The van der Waals surface area contributed by atoms with Crippen molar-refractivity contribution in [3.8, 4) is 5.75 Å². The Bertz CT molecular complexity index is 322. The van der Waals surface area contributed by atoms with Gasteiger partial charge in [-0.2, -0.15) is 0 Å². The highest BCUT2D eigenvalue weighted by atomic mass is 16.5. The highest BCUT2D eigenvalue weighted by Gasteiger charge is 2.11. The van der Waals surface area contributed by atoms with Gasteiger partial charge in [0.1, 0.15) is 5.75 Å². The van der Waals surface area contributed by atoms with Gasteiger partial charge in [0, 0.05) is 5.92 Å². The van der Waals surface area contributed by atoms with Crippen LogP contribution in [0.15, 0.2) is 24.3 Å². The standard InChI is InChI=1S/C11H16N2O2/c1-8(11(14)13-12)7-9-3-5-10(15-2)6-4-9/h3-6,8H,7,12H2,1-2H3,(H,13,14)/t8-/m0/s1. The molecule has 0 saturated heterocycles. The van der Waals surface area contributed by atoms with Crippen molar-refractivity contribution in [2.45, 2.75) is 13.3 Å². The van der Waals surface area contributed by atoms with Crippen molar-refractivity contribution >= 4 is 5.91 Å². The number of nitrogens with two attached hydrogens (primary N) is 1. The maximum Gasteiger partial charge on any atom is 0.237 e. The van der Waals surface area contributed by atoms with Crippen LogP contribution >= 0.6 is 0 Å². The molecule has 0 aliphatic heterocycles. The Morgan fingerprint density at radius 1 is 1.47 bits per heavy atom. The maximum atomic E-state index is 11.2. The minimum atomic E-state index is -0.147. The van der Waals surface area contributed by atoms with E-state index >= 15 is 0 Å². The number of amides is 1. The summed E-state index contributed by atoms with van der Waals surface area (Å²) < 4.78 is 5.04. The van der Waals surface area contributed by atoms with Crippen molar-refractivity contribution < 1.29 is 9.53 Å². The van der Waals surface area contributed by atoms with Gasteiger partial charge in [0.05, 0.1) is 7.11 Å². The molecule has 1 aromatic carbocycles. The molecule has 0 fully saturated rings. The average molecular weight is 208 g/mol. The molecule has 82 valence electrons. The first-order valence-electron chi connectivity index (χ1n) is 4.80. The third kappa shape index (κ3) is 3.25. The van der Waals surface area contributed by atoms with Crippen molar-refractivity contribution in [2.24, 2.45) is 11.8 Å². The van der Waals surface area contributed by atoms with Crippen LogP contribution in [-0.2, 0) is 11.2 Å². The number of carbonyl (C=O) groups is 1. The Hall–Kier alpha value is -1.55. The highest BCUT2D eigenvalue weighted by Crippen LogP contribution is 2.14. The molecule has 0 bridgehead atoms. The summed E-state index contributed by atoms with van der Waals surface area (Å²) in [6, 6.07) is 7.64. The summed E-state index contributed by atoms with van der Waals surface area (Å²) in [6.45, 7) is 1.84. The third-order valence-corrected chi connectivity index (χ3v) is 2.29. The largest absolute Gasteiger partial charge is 0.497 e. The topological polar surface area (TPSA) is 64.3 Å². The molecule has 0 aliphatic carbocycles. The minimum Gasteiger partial charge on any atom is -0.497 e. The summed E-state index contributed by atoms with van der Waals surface area (Å²) in [7, 11) is 1.62. The smallest absolute Gasteiger partial charge is 0.237 e. The molecule has 4 nitrogen and oxygen atoms in total. The second-order valence-electron chi connectivity index (χ2n) is 3.46. The first-order valence-corrected chi connectivity index (χ1v) is 4.80. The lowest BCUT2D eigenvalue weighted by molar-refractivity contribution is -0.124. The van der Waals surface area contributed by atoms with Crippen molar-refractivity contribution in [3.05, 3.63) is 29.8 Å². The van der Waals surface area contributed by atoms with E-state index in [1.807, 2.05) is 31.2 Å². The number of carbonyl (C=O) groups excluding carboxylic acids is 1. The molecule has 0 spiro atoms. The van der Waals surface area contributed by atoms with Crippen LogP contribution in [0.25, 0.3) is 0 Å². The van der Waals surface area contributed by atoms with Gasteiger partial charge in [-0.1, -0.05) is 19.1 Å². The van der Waals surface area contributed by atoms with E-state index in [0.29, 0.717) is 6.42 Å². The fourth-order valence-electron chi connectivity index (χ4n) is 1.35. The predicted molar refractivity (Wildman–Crippen MR) is 58.2 cm³/mol. The van der Waals surface area contributed by atoms with Crippen molar-refractivity contribution in [1.82, 2.24) is 5.43 Å². The number of hydrogen-bond donors (Lipinski definition) is 2. The molecule has 3 N–H and O–H groups in total. The monoisotopic (exact) mass is 208 g/mol. The first kappa shape index (κ1) is 11.5. The van der Waals surface area contributed by atoms with Gasteiger partial charge in [0.2, 0.25) is 5.91 Å². The van der Waals surface area contributed by atoms with E-state index in [1.165, 1.54) is 0 Å². The van der Waals surface area contributed by atoms with Crippen LogP contribution in [0, 0.1) is 5.92 Å². The average Bonchev–Trinajstić information content (AvgIpc) is 2.29. The van der Waals surface area contributed by atoms with Gasteiger partial charge in [-0.15, -0.1) is 0 Å². The number of rotatable bonds is 4. The van der Waals surface area contributed by atoms with Gasteiger partial charge in [0.25, 0.3) is 0 Å². The summed E-state index contributed by atoms with van der Waals surface area (Å²) in [6.07, 6.45) is 0.674. The third-order valence-electron chi connectivity index (χ3n) is 2.29. The van der Waals surface area contributed by atoms with E-state index in [-0.39, 0.29) is 11.8 Å². The van der Waals surface area contributed by atoms with Gasteiger partial charge in [-0.05, 0) is 24.1 Å². The highest BCUT2D eigenvalue weighted by molar-refractivity contribution is 5.77. The molecule has 15 heavy (non-hydrogen) atoms. The molecule has 4 heteroatoms. The number of hydrogen-bond acceptors (Lipinski definition) is 3. The number of methoxy groups -OCH3 is 1. The van der Waals surface area contributed by atoms with E-state index in [0.717, 1.165) is 11.3 Å². The molecule has 0 saturated carbocycles. The van der Waals surface area contributed by atoms with E-state index in [9.17, 15) is 4.79 Å². The zero-order valence-electron chi connectivity index (χ0n) is 8.99. The summed E-state index contributed by atoms with van der Waals surface area (Å²) in [4.78, 5) is 11.2. The summed E-state index contributed by atoms with van der Waals surface area (Å²) >= 11 is 0. The summed E-state index contributed by atoms with van der Waals surface area (Å²) in [5.41, 5.74) is 3.23. The van der Waals surface area contributed by atoms with Crippen LogP contribution in [0.1, 0.15) is 12.5 Å². The van der Waals surface area contributed by atoms with Crippen LogP contribution in [0.5, 0.6) is 5.75 Å². The number of ether oxygens (including phenoxy) is 1. The quantitative estimate of drug-likeness (QED) is 0.438. The molecule has 1 aromatic rings. The molecule has 0 radical (unpaired) electrons. The molecular formula is C11H16N2O2. The fourth-order valence-corrected chi connectivity index (χ4v) is 1.35. The summed E-state index contributed by atoms with van der Waals surface area (Å²) in [5, 5.41) is 0. The number of hydrazine groups is 1. The van der Waals surface area contributed by atoms with Gasteiger partial charge < -0.3 is 4.74 Å². The van der Waals surface area contributed by atoms with E-state index in [1.54, 1.807) is 7.11 Å². The van der Waals surface area contributed by atoms with Gasteiger partial charge in [-0.25, -0.2) is 5.84 Å². The van der Waals surface area contributed by atoms with Gasteiger partial charge >= 0.3 is 0 Å². The first-order chi connectivity index (χ1) is 7.17. The van der Waals surface area contributed by atoms with E-state index in [4.69, 9.17) is 10.6 Å². The van der Waals surface area contributed by atoms with Crippen LogP contribution in [0.3, 0.4) is 0 Å². The zero-order chi connectivity index (χ0) is 11.3. The second kappa shape index (κ2) is 5.36. The molecule has 0 heterocycles. The SMILES string of the molecule is COc1ccc(C[C@H](C)C(=O)NN)cc1. The Balaban J connectivity index is 2.60. The Labute approximate surface area is 89.4 Å². The van der Waals surface area contributed by atoms with Crippen molar-refractivity contribution in [1.29, 1.82) is 0 Å². The molecule has 1 amide bonds. The molecule has 0 unspecified atom stereocenters. The van der Waals surface area contributed by atoms with Crippen molar-refractivity contribution in [2.75, 3.05) is 7.11 Å². The summed E-state index contributed by atoms with van der Waals surface area (Å²) in [5.74, 6) is 5.60. The fraction of sp³-hybridized carbons (Fsp3) is 0.364. The van der Waals surface area contributed by atoms with Gasteiger partial charge in [0.15, 0.2) is 0 Å². The lowest BCUT2D eigenvalue weighted by Crippen LogP contribution is -2.35. The number of benzene rings is 1. The van der Waals surface area contributed by atoms with Crippen LogP contribution in [-0.4, -0.2) is 13.0 Å². The van der Waals surface area contributed by atoms with Gasteiger partial charge in [-0.3, -0.25) is 10.2 Å². The Morgan fingerprint density at radius 3 is 2.53 bits per heavy atom. The molecule has 1 atom stereocenters. The maximum absolute atomic E-state index is 11.2. The van der Waals surface area contributed by atoms with E-state index < -0.39 is 0 Å². The Kier molecular flexibility index (Phi) is 4.12. The second-order valence-corrected chi connectivity index (χ2v) is 3.46. The van der Waals surface area contributed by atoms with E-state index in [2.05, 4.69) is 5.43 Å². The normalized spacial score (nSPS) is 11.9. The predicted octanol–water partition coefficient (Wildman–Crippen LogP) is 0.864. The molecule has 1 rings (SSSR count). The van der Waals surface area contributed by atoms with Crippen LogP contribution in [0.2, 0.25) is 0 Å². The molecule has 0 aromatic heterocycles. The minimum absolute atomic E-state index is 0.122. The zero-order valence-corrected chi connectivity index (χ0v) is 8.99. The Morgan fingerprint density at radius 2 is 2.07 bits per heavy atom. The molecule has 0 aliphatic rings. The molecular weight excluding hydrogens is 192 g/mol. The van der Waals surface area contributed by atoms with Crippen LogP contribution < -0.4 is 16.0 Å². The van der Waals surface area contributed by atoms with Crippen molar-refractivity contribution in [3.63, 3.8) is 0 Å². The number of nitrogens with one attached hydrogen (secondary N) is 1. The lowest BCUT2D eigenvalue weighted by Gasteiger charge is -2.09. The lowest BCUT2D eigenvalue weighted by atomic mass is 10.0.